The van der Waals surface area contributed by atoms with Gasteiger partial charge in [-0.15, -0.1) is 0 Å². The average Bonchev–Trinajstić information content (AvgIpc) is 3.25. The number of ether oxygens (including phenoxy) is 1. The van der Waals surface area contributed by atoms with E-state index in [1.54, 1.807) is 4.68 Å². The third-order valence-electron chi connectivity index (χ3n) is 5.74. The van der Waals surface area contributed by atoms with E-state index in [0.717, 1.165) is 22.6 Å². The van der Waals surface area contributed by atoms with E-state index in [9.17, 15) is 4.79 Å². The lowest BCUT2D eigenvalue weighted by molar-refractivity contribution is 0.0697. The van der Waals surface area contributed by atoms with Crippen LogP contribution in [0, 0.1) is 5.92 Å². The molecule has 0 spiro atoms. The molecular weight excluding hydrogens is 364 g/mol. The van der Waals surface area contributed by atoms with Gasteiger partial charge in [0, 0.05) is 6.20 Å². The van der Waals surface area contributed by atoms with E-state index in [1.807, 2.05) is 36.4 Å². The Balaban J connectivity index is 1.54. The van der Waals surface area contributed by atoms with Gasteiger partial charge in [-0.05, 0) is 61.1 Å². The lowest BCUT2D eigenvalue weighted by Gasteiger charge is -2.28. The maximum atomic E-state index is 11.1. The van der Waals surface area contributed by atoms with Gasteiger partial charge in [0.05, 0.1) is 23.6 Å². The van der Waals surface area contributed by atoms with Gasteiger partial charge in [-0.1, -0.05) is 43.5 Å². The van der Waals surface area contributed by atoms with E-state index in [0.29, 0.717) is 5.92 Å². The fourth-order valence-electron chi connectivity index (χ4n) is 4.07. The quantitative estimate of drug-likeness (QED) is 0.596. The number of hydrogen-bond acceptors (Lipinski definition) is 3. The summed E-state index contributed by atoms with van der Waals surface area (Å²) in [5.41, 5.74) is 3.08. The number of carbonyl (C=O) groups is 1. The summed E-state index contributed by atoms with van der Waals surface area (Å²) in [6, 6.07) is 16.1. The molecule has 0 saturated heterocycles. The maximum Gasteiger partial charge on any atom is 0.338 e. The zero-order valence-corrected chi connectivity index (χ0v) is 16.6. The SMILES string of the molecule is CC(Oc1cccc(-c2cccc(-n3cc(C(=O)O)cn3)c2)c1)C1CCCCC1. The van der Waals surface area contributed by atoms with Gasteiger partial charge in [-0.3, -0.25) is 0 Å². The van der Waals surface area contributed by atoms with E-state index >= 15 is 0 Å². The molecule has 0 radical (unpaired) electrons. The van der Waals surface area contributed by atoms with Gasteiger partial charge in [-0.2, -0.15) is 5.10 Å². The molecule has 1 saturated carbocycles. The second-order valence-electron chi connectivity index (χ2n) is 7.78. The van der Waals surface area contributed by atoms with Crippen molar-refractivity contribution in [1.29, 1.82) is 0 Å². The Bertz CT molecular complexity index is 989. The van der Waals surface area contributed by atoms with Gasteiger partial charge in [0.25, 0.3) is 0 Å². The lowest BCUT2D eigenvalue weighted by Crippen LogP contribution is -2.25. The first-order valence-corrected chi connectivity index (χ1v) is 10.3. The minimum Gasteiger partial charge on any atom is -0.490 e. The van der Waals surface area contributed by atoms with E-state index in [2.05, 4.69) is 24.2 Å². The largest absolute Gasteiger partial charge is 0.490 e. The number of rotatable bonds is 6. The van der Waals surface area contributed by atoms with Crippen LogP contribution in [0.25, 0.3) is 16.8 Å². The molecule has 2 aromatic carbocycles. The molecule has 1 unspecified atom stereocenters. The molecular formula is C24H26N2O3. The monoisotopic (exact) mass is 390 g/mol. The number of nitrogens with zero attached hydrogens (tertiary/aromatic N) is 2. The Kier molecular flexibility index (Phi) is 5.65. The molecule has 5 nitrogen and oxygen atoms in total. The Morgan fingerprint density at radius 3 is 2.55 bits per heavy atom. The molecule has 1 fully saturated rings. The van der Waals surface area contributed by atoms with Crippen molar-refractivity contribution in [2.75, 3.05) is 0 Å². The Morgan fingerprint density at radius 1 is 1.10 bits per heavy atom. The van der Waals surface area contributed by atoms with Crippen LogP contribution in [0.5, 0.6) is 5.75 Å². The van der Waals surface area contributed by atoms with Crippen molar-refractivity contribution in [3.05, 3.63) is 66.5 Å². The minimum absolute atomic E-state index is 0.169. The molecule has 1 atom stereocenters. The maximum absolute atomic E-state index is 11.1. The number of carboxylic acid groups (broad SMARTS) is 1. The smallest absolute Gasteiger partial charge is 0.338 e. The van der Waals surface area contributed by atoms with Crippen molar-refractivity contribution in [1.82, 2.24) is 9.78 Å². The molecule has 4 rings (SSSR count). The normalized spacial score (nSPS) is 15.8. The molecule has 1 aliphatic carbocycles. The van der Waals surface area contributed by atoms with Crippen LogP contribution in [0.2, 0.25) is 0 Å². The number of aromatic carboxylic acids is 1. The first-order chi connectivity index (χ1) is 14.1. The number of aromatic nitrogens is 2. The summed E-state index contributed by atoms with van der Waals surface area (Å²) in [4.78, 5) is 11.1. The van der Waals surface area contributed by atoms with Crippen molar-refractivity contribution >= 4 is 5.97 Å². The molecule has 1 aromatic heterocycles. The summed E-state index contributed by atoms with van der Waals surface area (Å²) >= 11 is 0. The third-order valence-corrected chi connectivity index (χ3v) is 5.74. The van der Waals surface area contributed by atoms with Crippen molar-refractivity contribution in [3.8, 4) is 22.6 Å². The Hall–Kier alpha value is -3.08. The van der Waals surface area contributed by atoms with Gasteiger partial charge in [0.15, 0.2) is 0 Å². The number of benzene rings is 2. The molecule has 0 amide bonds. The van der Waals surface area contributed by atoms with E-state index in [4.69, 9.17) is 9.84 Å². The highest BCUT2D eigenvalue weighted by Gasteiger charge is 2.21. The Labute approximate surface area is 171 Å². The lowest BCUT2D eigenvalue weighted by atomic mass is 9.86. The molecule has 0 bridgehead atoms. The highest BCUT2D eigenvalue weighted by molar-refractivity contribution is 5.87. The van der Waals surface area contributed by atoms with Crippen molar-refractivity contribution in [3.63, 3.8) is 0 Å². The predicted molar refractivity (Wildman–Crippen MR) is 113 cm³/mol. The molecule has 1 aliphatic rings. The van der Waals surface area contributed by atoms with Crippen molar-refractivity contribution in [2.24, 2.45) is 5.92 Å². The van der Waals surface area contributed by atoms with Crippen LogP contribution in [0.1, 0.15) is 49.4 Å². The van der Waals surface area contributed by atoms with Gasteiger partial charge in [0.1, 0.15) is 5.75 Å². The topological polar surface area (TPSA) is 64.3 Å². The van der Waals surface area contributed by atoms with E-state index < -0.39 is 5.97 Å². The highest BCUT2D eigenvalue weighted by atomic mass is 16.5. The summed E-state index contributed by atoms with van der Waals surface area (Å²) in [6.45, 7) is 2.18. The average molecular weight is 390 g/mol. The fraction of sp³-hybridized carbons (Fsp3) is 0.333. The molecule has 1 N–H and O–H groups in total. The van der Waals surface area contributed by atoms with Gasteiger partial charge < -0.3 is 9.84 Å². The summed E-state index contributed by atoms with van der Waals surface area (Å²) in [5.74, 6) is 0.543. The molecule has 0 aliphatic heterocycles. The van der Waals surface area contributed by atoms with Gasteiger partial charge in [0.2, 0.25) is 0 Å². The first kappa shape index (κ1) is 19.2. The number of hydrogen-bond donors (Lipinski definition) is 1. The Morgan fingerprint density at radius 2 is 1.83 bits per heavy atom. The van der Waals surface area contributed by atoms with Crippen LogP contribution in [-0.4, -0.2) is 27.0 Å². The molecule has 29 heavy (non-hydrogen) atoms. The molecule has 5 heteroatoms. The summed E-state index contributed by atoms with van der Waals surface area (Å²) in [6.07, 6.45) is 9.57. The van der Waals surface area contributed by atoms with Crippen molar-refractivity contribution < 1.29 is 14.6 Å². The number of carboxylic acids is 1. The van der Waals surface area contributed by atoms with Gasteiger partial charge >= 0.3 is 5.97 Å². The summed E-state index contributed by atoms with van der Waals surface area (Å²) in [5, 5.41) is 13.3. The zero-order chi connectivity index (χ0) is 20.2. The van der Waals surface area contributed by atoms with Crippen LogP contribution < -0.4 is 4.74 Å². The van der Waals surface area contributed by atoms with E-state index in [1.165, 1.54) is 44.5 Å². The summed E-state index contributed by atoms with van der Waals surface area (Å²) in [7, 11) is 0. The van der Waals surface area contributed by atoms with Crippen LogP contribution in [0.15, 0.2) is 60.9 Å². The van der Waals surface area contributed by atoms with Crippen LogP contribution >= 0.6 is 0 Å². The van der Waals surface area contributed by atoms with Crippen molar-refractivity contribution in [2.45, 2.75) is 45.1 Å². The highest BCUT2D eigenvalue weighted by Crippen LogP contribution is 2.31. The zero-order valence-electron chi connectivity index (χ0n) is 16.6. The standard InChI is InChI=1S/C24H26N2O3/c1-17(18-7-3-2-4-8-18)29-23-12-6-10-20(14-23)19-9-5-11-22(13-19)26-16-21(15-25-26)24(27)28/h5-6,9-18H,2-4,7-8H2,1H3,(H,27,28). The van der Waals surface area contributed by atoms with Crippen LogP contribution in [0.4, 0.5) is 0 Å². The van der Waals surface area contributed by atoms with Crippen LogP contribution in [-0.2, 0) is 0 Å². The first-order valence-electron chi connectivity index (χ1n) is 10.3. The second kappa shape index (κ2) is 8.52. The second-order valence-corrected chi connectivity index (χ2v) is 7.78. The minimum atomic E-state index is -0.982. The predicted octanol–water partition coefficient (Wildman–Crippen LogP) is 5.59. The summed E-state index contributed by atoms with van der Waals surface area (Å²) < 4.78 is 7.86. The van der Waals surface area contributed by atoms with Crippen LogP contribution in [0.3, 0.4) is 0 Å². The van der Waals surface area contributed by atoms with Gasteiger partial charge in [-0.25, -0.2) is 9.48 Å². The molecule has 150 valence electrons. The van der Waals surface area contributed by atoms with E-state index in [-0.39, 0.29) is 11.7 Å². The fourth-order valence-corrected chi connectivity index (χ4v) is 4.07. The molecule has 3 aromatic rings. The third kappa shape index (κ3) is 4.50. The molecule has 1 heterocycles.